The maximum atomic E-state index is 14.8. The number of nitrogens with zero attached hydrogens (tertiary/aromatic N) is 7. The van der Waals surface area contributed by atoms with Crippen LogP contribution in [0.2, 0.25) is 0 Å². The van der Waals surface area contributed by atoms with Crippen LogP contribution in [-0.2, 0) is 6.54 Å². The summed E-state index contributed by atoms with van der Waals surface area (Å²) in [5, 5.41) is 3.14. The maximum absolute atomic E-state index is 14.8. The summed E-state index contributed by atoms with van der Waals surface area (Å²) in [5.74, 6) is 3.00. The molecule has 8 nitrogen and oxygen atoms in total. The normalized spacial score (nSPS) is 20.1. The van der Waals surface area contributed by atoms with Gasteiger partial charge in [-0.25, -0.2) is 24.3 Å². The largest absolute Gasteiger partial charge is 0.326 e. The van der Waals surface area contributed by atoms with Gasteiger partial charge in [-0.1, -0.05) is 19.1 Å². The van der Waals surface area contributed by atoms with Crippen LogP contribution in [0.3, 0.4) is 0 Å². The first-order chi connectivity index (χ1) is 18.4. The first kappa shape index (κ1) is 24.9. The number of nitrogens with one attached hydrogen (secondary N) is 1. The molecule has 9 heteroatoms. The quantitative estimate of drug-likeness (QED) is 0.370. The van der Waals surface area contributed by atoms with Crippen molar-refractivity contribution in [1.29, 1.82) is 0 Å². The zero-order valence-electron chi connectivity index (χ0n) is 22.5. The molecular formula is C29H35FN8. The van der Waals surface area contributed by atoms with Gasteiger partial charge < -0.3 is 14.8 Å². The first-order valence-corrected chi connectivity index (χ1v) is 13.6. The van der Waals surface area contributed by atoms with Crippen molar-refractivity contribution in [3.63, 3.8) is 0 Å². The summed E-state index contributed by atoms with van der Waals surface area (Å²) in [6.45, 7) is 15.3. The number of benzene rings is 1. The summed E-state index contributed by atoms with van der Waals surface area (Å²) >= 11 is 0. The fourth-order valence-corrected chi connectivity index (χ4v) is 6.18. The second-order valence-corrected chi connectivity index (χ2v) is 11.0. The summed E-state index contributed by atoms with van der Waals surface area (Å²) in [4.78, 5) is 23.0. The topological polar surface area (TPSA) is 75.0 Å². The lowest BCUT2D eigenvalue weighted by atomic mass is 10.0. The van der Waals surface area contributed by atoms with E-state index in [2.05, 4.69) is 66.5 Å². The summed E-state index contributed by atoms with van der Waals surface area (Å²) in [7, 11) is 0. The summed E-state index contributed by atoms with van der Waals surface area (Å²) in [6.07, 6.45) is 3.11. The molecule has 0 saturated carbocycles. The molecule has 2 atom stereocenters. The van der Waals surface area contributed by atoms with Gasteiger partial charge in [0.05, 0.1) is 17.2 Å². The first-order valence-electron chi connectivity index (χ1n) is 13.6. The van der Waals surface area contributed by atoms with E-state index in [4.69, 9.17) is 0 Å². The van der Waals surface area contributed by atoms with E-state index in [0.717, 1.165) is 54.9 Å². The number of anilines is 2. The van der Waals surface area contributed by atoms with Crippen molar-refractivity contribution < 1.29 is 4.39 Å². The number of fused-ring (bicyclic) bond motifs is 2. The van der Waals surface area contributed by atoms with Crippen LogP contribution in [0.15, 0.2) is 42.7 Å². The van der Waals surface area contributed by atoms with Gasteiger partial charge in [-0.2, -0.15) is 0 Å². The van der Waals surface area contributed by atoms with Crippen LogP contribution in [0.4, 0.5) is 16.2 Å². The Kier molecular flexibility index (Phi) is 6.57. The molecule has 0 spiro atoms. The highest BCUT2D eigenvalue weighted by molar-refractivity contribution is 5.82. The molecule has 198 valence electrons. The number of pyridine rings is 1. The number of rotatable bonds is 7. The van der Waals surface area contributed by atoms with Crippen LogP contribution < -0.4 is 5.32 Å². The lowest BCUT2D eigenvalue weighted by Gasteiger charge is -2.20. The van der Waals surface area contributed by atoms with Crippen molar-refractivity contribution in [2.75, 3.05) is 38.0 Å². The Balaban J connectivity index is 1.15. The molecule has 5 heterocycles. The number of aromatic nitrogens is 5. The highest BCUT2D eigenvalue weighted by Crippen LogP contribution is 2.32. The lowest BCUT2D eigenvalue weighted by Crippen LogP contribution is -2.28. The van der Waals surface area contributed by atoms with E-state index in [-0.39, 0.29) is 11.7 Å². The Morgan fingerprint density at radius 3 is 2.42 bits per heavy atom. The molecule has 0 radical (unpaired) electrons. The Bertz CT molecular complexity index is 1430. The van der Waals surface area contributed by atoms with Gasteiger partial charge in [0.25, 0.3) is 0 Å². The van der Waals surface area contributed by atoms with E-state index < -0.39 is 5.82 Å². The molecule has 2 aliphatic heterocycles. The van der Waals surface area contributed by atoms with Crippen molar-refractivity contribution >= 4 is 22.8 Å². The third kappa shape index (κ3) is 4.76. The molecule has 3 aromatic heterocycles. The van der Waals surface area contributed by atoms with E-state index in [9.17, 15) is 4.39 Å². The van der Waals surface area contributed by atoms with Gasteiger partial charge in [-0.05, 0) is 62.9 Å². The third-order valence-corrected chi connectivity index (χ3v) is 7.96. The number of aryl methyl sites for hydroxylation is 1. The molecule has 2 fully saturated rings. The van der Waals surface area contributed by atoms with Gasteiger partial charge in [0.15, 0.2) is 5.82 Å². The van der Waals surface area contributed by atoms with Gasteiger partial charge in [-0.15, -0.1) is 0 Å². The minimum Gasteiger partial charge on any atom is -0.326 e. The summed E-state index contributed by atoms with van der Waals surface area (Å²) < 4.78 is 17.0. The Hall–Kier alpha value is -3.43. The van der Waals surface area contributed by atoms with Gasteiger partial charge >= 0.3 is 0 Å². The molecular weight excluding hydrogens is 479 g/mol. The molecule has 4 aromatic rings. The molecule has 1 aromatic carbocycles. The smallest absolute Gasteiger partial charge is 0.229 e. The van der Waals surface area contributed by atoms with Crippen LogP contribution in [-0.4, -0.2) is 67.0 Å². The molecule has 1 N–H and O–H groups in total. The molecule has 0 aliphatic carbocycles. The van der Waals surface area contributed by atoms with Crippen molar-refractivity contribution in [2.24, 2.45) is 11.8 Å². The van der Waals surface area contributed by atoms with Gasteiger partial charge in [0.1, 0.15) is 17.3 Å². The average Bonchev–Trinajstić information content (AvgIpc) is 3.56. The molecule has 6 rings (SSSR count). The summed E-state index contributed by atoms with van der Waals surface area (Å²) in [5.41, 5.74) is 3.97. The Morgan fingerprint density at radius 2 is 1.74 bits per heavy atom. The maximum Gasteiger partial charge on any atom is 0.229 e. The molecule has 0 amide bonds. The van der Waals surface area contributed by atoms with E-state index in [1.54, 1.807) is 0 Å². The Labute approximate surface area is 222 Å². The lowest BCUT2D eigenvalue weighted by molar-refractivity contribution is 0.257. The number of hydrogen-bond donors (Lipinski definition) is 1. The van der Waals surface area contributed by atoms with E-state index >= 15 is 0 Å². The monoisotopic (exact) mass is 514 g/mol. The van der Waals surface area contributed by atoms with E-state index in [1.165, 1.54) is 24.8 Å². The van der Waals surface area contributed by atoms with Crippen LogP contribution in [0, 0.1) is 24.6 Å². The average molecular weight is 515 g/mol. The minimum atomic E-state index is -0.469. The highest BCUT2D eigenvalue weighted by atomic mass is 19.1. The number of halogens is 1. The van der Waals surface area contributed by atoms with E-state index in [1.807, 2.05) is 37.4 Å². The number of hydrogen-bond acceptors (Lipinski definition) is 7. The van der Waals surface area contributed by atoms with Crippen LogP contribution >= 0.6 is 0 Å². The van der Waals surface area contributed by atoms with Crippen LogP contribution in [0.25, 0.3) is 22.3 Å². The van der Waals surface area contributed by atoms with Crippen molar-refractivity contribution in [1.82, 2.24) is 34.3 Å². The Morgan fingerprint density at radius 1 is 0.974 bits per heavy atom. The van der Waals surface area contributed by atoms with Crippen LogP contribution in [0.5, 0.6) is 0 Å². The van der Waals surface area contributed by atoms with Crippen molar-refractivity contribution in [3.8, 4) is 11.3 Å². The molecule has 2 saturated heterocycles. The predicted octanol–water partition coefficient (Wildman–Crippen LogP) is 5.04. The van der Waals surface area contributed by atoms with Gasteiger partial charge in [0.2, 0.25) is 5.95 Å². The predicted molar refractivity (Wildman–Crippen MR) is 148 cm³/mol. The third-order valence-electron chi connectivity index (χ3n) is 7.96. The van der Waals surface area contributed by atoms with Gasteiger partial charge in [-0.3, -0.25) is 4.90 Å². The zero-order chi connectivity index (χ0) is 26.4. The van der Waals surface area contributed by atoms with Crippen LogP contribution in [0.1, 0.15) is 38.2 Å². The summed E-state index contributed by atoms with van der Waals surface area (Å²) in [6, 6.07) is 9.99. The SMILES string of the molecule is CCN1CC2CN(Cc3ccc(Nc4ncc(F)c(-c5ccc6nc(C)n(C(C)C)c6c5)n4)nc3)CC2C1. The number of imidazole rings is 1. The molecule has 2 aliphatic rings. The van der Waals surface area contributed by atoms with Crippen molar-refractivity contribution in [3.05, 3.63) is 59.9 Å². The van der Waals surface area contributed by atoms with Gasteiger partial charge in [0, 0.05) is 50.5 Å². The molecule has 38 heavy (non-hydrogen) atoms. The standard InChI is InChI=1S/C29H35FN8/c1-5-36-14-22-16-37(17-23(22)15-36)13-20-6-9-27(31-11-20)34-29-32-12-24(30)28(35-29)21-7-8-25-26(10-21)38(18(2)3)19(4)33-25/h6-12,18,22-23H,5,13-17H2,1-4H3,(H,31,32,34,35). The fraction of sp³-hybridized carbons (Fsp3) is 0.448. The van der Waals surface area contributed by atoms with Crippen molar-refractivity contribution in [2.45, 2.75) is 40.3 Å². The molecule has 2 unspecified atom stereocenters. The molecule has 0 bridgehead atoms. The fourth-order valence-electron chi connectivity index (χ4n) is 6.18. The second-order valence-electron chi connectivity index (χ2n) is 11.0. The minimum absolute atomic E-state index is 0.244. The second kappa shape index (κ2) is 10.0. The highest BCUT2D eigenvalue weighted by Gasteiger charge is 2.39. The number of likely N-dealkylation sites (tertiary alicyclic amines) is 2. The zero-order valence-corrected chi connectivity index (χ0v) is 22.5. The van der Waals surface area contributed by atoms with E-state index in [0.29, 0.717) is 17.3 Å².